The van der Waals surface area contributed by atoms with Gasteiger partial charge in [0.05, 0.1) is 33.5 Å². The number of benzene rings is 1. The summed E-state index contributed by atoms with van der Waals surface area (Å²) in [7, 11) is 0. The topological polar surface area (TPSA) is 86.9 Å². The molecule has 0 aliphatic rings. The summed E-state index contributed by atoms with van der Waals surface area (Å²) in [5.41, 5.74) is -1.10. The van der Waals surface area contributed by atoms with Crippen LogP contribution in [0.15, 0.2) is 30.6 Å². The highest BCUT2D eigenvalue weighted by Crippen LogP contribution is 2.35. The number of aromatic amines is 1. The monoisotopic (exact) mass is 446 g/mol. The van der Waals surface area contributed by atoms with Crippen molar-refractivity contribution in [2.75, 3.05) is 5.32 Å². The Balaban J connectivity index is 1.73. The summed E-state index contributed by atoms with van der Waals surface area (Å²) < 4.78 is 65.6. The predicted molar refractivity (Wildman–Crippen MR) is 97.7 cm³/mol. The van der Waals surface area contributed by atoms with E-state index in [-0.39, 0.29) is 22.3 Å². The van der Waals surface area contributed by atoms with E-state index in [1.165, 1.54) is 13.1 Å². The van der Waals surface area contributed by atoms with Crippen molar-refractivity contribution < 1.29 is 31.5 Å². The number of carbonyl (C=O) groups is 2. The molecule has 0 saturated heterocycles. The molecule has 3 aromatic rings. The van der Waals surface area contributed by atoms with Gasteiger partial charge in [-0.25, -0.2) is 8.78 Å². The summed E-state index contributed by atoms with van der Waals surface area (Å²) in [5, 5.41) is 3.94. The average molecular weight is 447 g/mol. The minimum absolute atomic E-state index is 0.0145. The molecule has 0 saturated carbocycles. The maximum atomic E-state index is 13.4. The van der Waals surface area contributed by atoms with Gasteiger partial charge in [-0.3, -0.25) is 14.6 Å². The van der Waals surface area contributed by atoms with Gasteiger partial charge in [0.25, 0.3) is 0 Å². The van der Waals surface area contributed by atoms with E-state index >= 15 is 0 Å². The van der Waals surface area contributed by atoms with Gasteiger partial charge in [-0.2, -0.15) is 13.2 Å². The molecule has 0 fully saturated rings. The smallest absolute Gasteiger partial charge is 0.359 e. The highest BCUT2D eigenvalue weighted by molar-refractivity contribution is 6.40. The fourth-order valence-electron chi connectivity index (χ4n) is 2.64. The Labute approximate surface area is 170 Å². The van der Waals surface area contributed by atoms with Crippen molar-refractivity contribution in [1.82, 2.24) is 15.3 Å². The number of aromatic nitrogens is 2. The number of fused-ring (bicyclic) bond motifs is 1. The van der Waals surface area contributed by atoms with Crippen LogP contribution in [0.1, 0.15) is 24.2 Å². The van der Waals surface area contributed by atoms with Crippen molar-refractivity contribution in [3.8, 4) is 0 Å². The van der Waals surface area contributed by atoms with Gasteiger partial charge in [-0.15, -0.1) is 0 Å². The van der Waals surface area contributed by atoms with Crippen LogP contribution in [0.5, 0.6) is 0 Å². The van der Waals surface area contributed by atoms with Crippen LogP contribution in [0.4, 0.5) is 27.6 Å². The highest BCUT2D eigenvalue weighted by atomic mass is 35.5. The summed E-state index contributed by atoms with van der Waals surface area (Å²) in [6.07, 6.45) is -2.70. The van der Waals surface area contributed by atoms with E-state index in [0.717, 1.165) is 18.3 Å². The normalized spacial score (nSPS) is 12.6. The molecule has 3 rings (SSSR count). The van der Waals surface area contributed by atoms with E-state index in [9.17, 15) is 31.5 Å². The molecule has 0 aliphatic carbocycles. The van der Waals surface area contributed by atoms with E-state index in [4.69, 9.17) is 11.6 Å². The first-order valence-electron chi connectivity index (χ1n) is 8.28. The predicted octanol–water partition coefficient (Wildman–Crippen LogP) is 4.33. The fraction of sp³-hybridized carbons (Fsp3) is 0.167. The summed E-state index contributed by atoms with van der Waals surface area (Å²) in [6.45, 7) is 1.32. The maximum absolute atomic E-state index is 13.4. The SMILES string of the molecule is CC(NC(=O)C(=O)Nc1c[nH]c2cc(F)c(F)cc12)c1cc(C(F)(F)F)c(Cl)cn1. The first kappa shape index (κ1) is 21.5. The number of alkyl halides is 3. The molecule has 2 aromatic heterocycles. The van der Waals surface area contributed by atoms with Crippen LogP contribution >= 0.6 is 11.6 Å². The number of nitrogens with zero attached hydrogens (tertiary/aromatic N) is 1. The number of pyridine rings is 1. The van der Waals surface area contributed by atoms with Crippen LogP contribution in [-0.4, -0.2) is 21.8 Å². The van der Waals surface area contributed by atoms with E-state index in [1.54, 1.807) is 0 Å². The second kappa shape index (κ2) is 7.90. The molecule has 0 radical (unpaired) electrons. The molecule has 0 bridgehead atoms. The van der Waals surface area contributed by atoms with Gasteiger partial charge in [0, 0.05) is 23.8 Å². The maximum Gasteiger partial charge on any atom is 0.417 e. The molecule has 0 spiro atoms. The number of halogens is 6. The zero-order chi connectivity index (χ0) is 22.2. The number of carbonyl (C=O) groups excluding carboxylic acids is 2. The summed E-state index contributed by atoms with van der Waals surface area (Å²) >= 11 is 5.50. The van der Waals surface area contributed by atoms with Crippen LogP contribution in [-0.2, 0) is 15.8 Å². The lowest BCUT2D eigenvalue weighted by Crippen LogP contribution is -2.37. The van der Waals surface area contributed by atoms with Crippen molar-refractivity contribution in [3.63, 3.8) is 0 Å². The molecule has 1 atom stereocenters. The van der Waals surface area contributed by atoms with Crippen LogP contribution in [0.25, 0.3) is 10.9 Å². The Kier molecular flexibility index (Phi) is 5.66. The minimum atomic E-state index is -4.72. The molecule has 1 aromatic carbocycles. The van der Waals surface area contributed by atoms with E-state index < -0.39 is 46.3 Å². The van der Waals surface area contributed by atoms with Crippen LogP contribution < -0.4 is 10.6 Å². The van der Waals surface area contributed by atoms with E-state index in [1.807, 2.05) is 0 Å². The van der Waals surface area contributed by atoms with Gasteiger partial charge >= 0.3 is 18.0 Å². The number of anilines is 1. The molecule has 3 N–H and O–H groups in total. The molecule has 0 aliphatic heterocycles. The van der Waals surface area contributed by atoms with E-state index in [0.29, 0.717) is 6.07 Å². The van der Waals surface area contributed by atoms with Gasteiger partial charge < -0.3 is 15.6 Å². The molecule has 2 heterocycles. The molecule has 1 unspecified atom stereocenters. The lowest BCUT2D eigenvalue weighted by Gasteiger charge is -2.16. The van der Waals surface area contributed by atoms with Crippen LogP contribution in [0.2, 0.25) is 5.02 Å². The van der Waals surface area contributed by atoms with Gasteiger partial charge in [0.15, 0.2) is 11.6 Å². The number of hydrogen-bond acceptors (Lipinski definition) is 3. The Morgan fingerprint density at radius 3 is 2.47 bits per heavy atom. The van der Waals surface area contributed by atoms with Crippen LogP contribution in [0, 0.1) is 11.6 Å². The minimum Gasteiger partial charge on any atom is -0.359 e. The Bertz CT molecular complexity index is 1150. The molecule has 2 amide bonds. The van der Waals surface area contributed by atoms with Gasteiger partial charge in [0.2, 0.25) is 0 Å². The van der Waals surface area contributed by atoms with Crippen molar-refractivity contribution >= 4 is 40.0 Å². The molecular weight excluding hydrogens is 435 g/mol. The van der Waals surface area contributed by atoms with Gasteiger partial charge in [0.1, 0.15) is 0 Å². The largest absolute Gasteiger partial charge is 0.417 e. The zero-order valence-corrected chi connectivity index (χ0v) is 15.8. The fourth-order valence-corrected chi connectivity index (χ4v) is 2.85. The number of nitrogens with one attached hydrogen (secondary N) is 3. The first-order valence-corrected chi connectivity index (χ1v) is 8.65. The number of hydrogen-bond donors (Lipinski definition) is 3. The summed E-state index contributed by atoms with van der Waals surface area (Å²) in [4.78, 5) is 30.6. The molecular formula is C18H12ClF5N4O2. The highest BCUT2D eigenvalue weighted by Gasteiger charge is 2.34. The average Bonchev–Trinajstić information content (AvgIpc) is 3.02. The molecule has 30 heavy (non-hydrogen) atoms. The number of H-pyrrole nitrogens is 1. The van der Waals surface area contributed by atoms with Gasteiger partial charge in [-0.1, -0.05) is 11.6 Å². The summed E-state index contributed by atoms with van der Waals surface area (Å²) in [6, 6.07) is 1.33. The van der Waals surface area contributed by atoms with Crippen molar-refractivity contribution in [1.29, 1.82) is 0 Å². The number of amides is 2. The Morgan fingerprint density at radius 2 is 1.80 bits per heavy atom. The van der Waals surface area contributed by atoms with Crippen molar-refractivity contribution in [2.24, 2.45) is 0 Å². The van der Waals surface area contributed by atoms with Crippen molar-refractivity contribution in [2.45, 2.75) is 19.1 Å². The van der Waals surface area contributed by atoms with Crippen LogP contribution in [0.3, 0.4) is 0 Å². The molecule has 12 heteroatoms. The standard InChI is InChI=1S/C18H12ClF5N4O2/c1-7(13-3-9(18(22,23)24)10(19)5-25-13)27-16(29)17(30)28-15-6-26-14-4-12(21)11(20)2-8(14)15/h2-7,26H,1H3,(H,27,29)(H,28,30). The lowest BCUT2D eigenvalue weighted by molar-refractivity contribution is -0.137. The van der Waals surface area contributed by atoms with Gasteiger partial charge in [-0.05, 0) is 19.1 Å². The second-order valence-electron chi connectivity index (χ2n) is 6.25. The second-order valence-corrected chi connectivity index (χ2v) is 6.66. The third kappa shape index (κ3) is 4.35. The molecule has 158 valence electrons. The molecule has 6 nitrogen and oxygen atoms in total. The Morgan fingerprint density at radius 1 is 1.13 bits per heavy atom. The first-order chi connectivity index (χ1) is 14.0. The third-order valence-electron chi connectivity index (χ3n) is 4.15. The van der Waals surface area contributed by atoms with Crippen molar-refractivity contribution in [3.05, 3.63) is 58.5 Å². The zero-order valence-electron chi connectivity index (χ0n) is 15.0. The third-order valence-corrected chi connectivity index (χ3v) is 4.45. The number of rotatable bonds is 3. The summed E-state index contributed by atoms with van der Waals surface area (Å²) in [5.74, 6) is -4.59. The lowest BCUT2D eigenvalue weighted by atomic mass is 10.1. The quantitative estimate of drug-likeness (QED) is 0.413. The Hall–Kier alpha value is -3.21. The van der Waals surface area contributed by atoms with E-state index in [2.05, 4.69) is 20.6 Å².